The topological polar surface area (TPSA) is 69.2 Å². The molecular formula is C20H22N2O3S. The summed E-state index contributed by atoms with van der Waals surface area (Å²) >= 11 is 1.29. The summed E-state index contributed by atoms with van der Waals surface area (Å²) in [6.07, 6.45) is -0.215. The lowest BCUT2D eigenvalue weighted by Crippen LogP contribution is -2.50. The Morgan fingerprint density at radius 1 is 1.12 bits per heavy atom. The molecule has 1 amide bonds. The van der Waals surface area contributed by atoms with Gasteiger partial charge in [-0.2, -0.15) is 0 Å². The highest BCUT2D eigenvalue weighted by atomic mass is 32.1. The van der Waals surface area contributed by atoms with Gasteiger partial charge in [0.05, 0.1) is 43.5 Å². The van der Waals surface area contributed by atoms with Gasteiger partial charge in [0.2, 0.25) is 0 Å². The van der Waals surface area contributed by atoms with Crippen molar-refractivity contribution in [2.75, 3.05) is 27.7 Å². The Morgan fingerprint density at radius 2 is 1.81 bits per heavy atom. The molecule has 5 nitrogen and oxygen atoms in total. The van der Waals surface area contributed by atoms with Crippen LogP contribution in [0.2, 0.25) is 0 Å². The maximum atomic E-state index is 12.4. The van der Waals surface area contributed by atoms with Gasteiger partial charge in [0, 0.05) is 18.0 Å². The number of carboxylic acid groups (broad SMARTS) is 1. The maximum absolute atomic E-state index is 12.4. The highest BCUT2D eigenvalue weighted by Gasteiger charge is 2.21. The number of hydrogen-bond acceptors (Lipinski definition) is 4. The molecule has 1 atom stereocenters. The highest BCUT2D eigenvalue weighted by Crippen LogP contribution is 2.16. The van der Waals surface area contributed by atoms with Gasteiger partial charge in [0.25, 0.3) is 5.91 Å². The quantitative estimate of drug-likeness (QED) is 0.611. The molecule has 1 unspecified atom stereocenters. The molecule has 136 valence electrons. The van der Waals surface area contributed by atoms with Gasteiger partial charge in [-0.05, 0) is 24.3 Å². The molecule has 1 aromatic carbocycles. The van der Waals surface area contributed by atoms with Crippen molar-refractivity contribution in [1.29, 1.82) is 0 Å². The van der Waals surface area contributed by atoms with Crippen molar-refractivity contribution >= 4 is 23.2 Å². The molecule has 26 heavy (non-hydrogen) atoms. The lowest BCUT2D eigenvalue weighted by molar-refractivity contribution is -0.871. The van der Waals surface area contributed by atoms with Crippen LogP contribution in [-0.4, -0.2) is 50.1 Å². The average Bonchev–Trinajstić information content (AvgIpc) is 3.00. The number of nitrogens with zero attached hydrogens (tertiary/aromatic N) is 1. The van der Waals surface area contributed by atoms with Crippen molar-refractivity contribution in [3.8, 4) is 11.8 Å². The van der Waals surface area contributed by atoms with Crippen molar-refractivity contribution in [2.24, 2.45) is 0 Å². The van der Waals surface area contributed by atoms with E-state index in [0.29, 0.717) is 15.9 Å². The van der Waals surface area contributed by atoms with Crippen molar-refractivity contribution in [2.45, 2.75) is 12.5 Å². The molecule has 0 spiro atoms. The summed E-state index contributed by atoms with van der Waals surface area (Å²) in [6, 6.07) is 12.6. The highest BCUT2D eigenvalue weighted by molar-refractivity contribution is 7.14. The van der Waals surface area contributed by atoms with Crippen LogP contribution in [0, 0.1) is 11.8 Å². The Labute approximate surface area is 157 Å². The summed E-state index contributed by atoms with van der Waals surface area (Å²) in [5.74, 6) is 4.63. The third kappa shape index (κ3) is 6.71. The van der Waals surface area contributed by atoms with E-state index in [1.165, 1.54) is 11.3 Å². The number of thiophene rings is 1. The fourth-order valence-corrected chi connectivity index (χ4v) is 3.23. The van der Waals surface area contributed by atoms with Crippen LogP contribution in [0.4, 0.5) is 0 Å². The Kier molecular flexibility index (Phi) is 6.56. The van der Waals surface area contributed by atoms with Crippen LogP contribution in [0.15, 0.2) is 42.5 Å². The molecule has 0 bridgehead atoms. The monoisotopic (exact) mass is 370 g/mol. The van der Waals surface area contributed by atoms with E-state index in [1.807, 2.05) is 51.5 Å². The van der Waals surface area contributed by atoms with Crippen molar-refractivity contribution in [1.82, 2.24) is 5.32 Å². The first-order valence-electron chi connectivity index (χ1n) is 8.21. The zero-order valence-electron chi connectivity index (χ0n) is 15.1. The minimum atomic E-state index is -1.18. The van der Waals surface area contributed by atoms with Gasteiger partial charge < -0.3 is 19.7 Å². The molecule has 0 aliphatic rings. The first kappa shape index (κ1) is 19.7. The minimum absolute atomic E-state index is 0.215. The van der Waals surface area contributed by atoms with Crippen LogP contribution in [0.3, 0.4) is 0 Å². The summed E-state index contributed by atoms with van der Waals surface area (Å²) in [5, 5.41) is 13.7. The average molecular weight is 370 g/mol. The predicted octanol–water partition coefficient (Wildman–Crippen LogP) is 1.09. The van der Waals surface area contributed by atoms with E-state index in [2.05, 4.69) is 17.2 Å². The van der Waals surface area contributed by atoms with Crippen LogP contribution in [-0.2, 0) is 4.79 Å². The van der Waals surface area contributed by atoms with Gasteiger partial charge in [-0.1, -0.05) is 30.0 Å². The lowest BCUT2D eigenvalue weighted by Gasteiger charge is -2.29. The van der Waals surface area contributed by atoms with E-state index in [4.69, 9.17) is 0 Å². The van der Waals surface area contributed by atoms with Gasteiger partial charge >= 0.3 is 0 Å². The van der Waals surface area contributed by atoms with Crippen LogP contribution in [0.1, 0.15) is 26.5 Å². The fraction of sp³-hybridized carbons (Fsp3) is 0.300. The normalized spacial score (nSPS) is 12.0. The van der Waals surface area contributed by atoms with Gasteiger partial charge in [-0.25, -0.2) is 0 Å². The molecule has 2 rings (SSSR count). The SMILES string of the molecule is C[N+](C)(C)CC(CC(=O)[O-])NC(=O)c1ccc(C#Cc2ccccc2)s1. The van der Waals surface area contributed by atoms with Crippen molar-refractivity contribution in [3.05, 3.63) is 57.8 Å². The number of rotatable bonds is 6. The molecule has 1 heterocycles. The molecule has 0 aliphatic heterocycles. The molecule has 1 N–H and O–H groups in total. The van der Waals surface area contributed by atoms with E-state index in [9.17, 15) is 14.7 Å². The molecule has 2 aromatic rings. The van der Waals surface area contributed by atoms with Gasteiger partial charge in [0.15, 0.2) is 0 Å². The Hall–Kier alpha value is -2.62. The van der Waals surface area contributed by atoms with Crippen LogP contribution in [0.25, 0.3) is 0 Å². The summed E-state index contributed by atoms with van der Waals surface area (Å²) < 4.78 is 0.538. The Bertz CT molecular complexity index is 826. The molecule has 0 saturated heterocycles. The van der Waals surface area contributed by atoms with Gasteiger partial charge in [-0.3, -0.25) is 4.79 Å². The number of likely N-dealkylation sites (N-methyl/N-ethyl adjacent to an activating group) is 1. The first-order valence-corrected chi connectivity index (χ1v) is 9.03. The number of aliphatic carboxylic acids is 1. The Balaban J connectivity index is 2.06. The van der Waals surface area contributed by atoms with Crippen molar-refractivity contribution in [3.63, 3.8) is 0 Å². The molecular weight excluding hydrogens is 348 g/mol. The number of benzene rings is 1. The summed E-state index contributed by atoms with van der Waals surface area (Å²) in [7, 11) is 5.82. The second-order valence-corrected chi connectivity index (χ2v) is 8.08. The van der Waals surface area contributed by atoms with Gasteiger partial charge in [-0.15, -0.1) is 11.3 Å². The zero-order chi connectivity index (χ0) is 19.2. The number of carboxylic acids is 1. The van der Waals surface area contributed by atoms with Crippen LogP contribution < -0.4 is 10.4 Å². The second-order valence-electron chi connectivity index (χ2n) is 7.00. The zero-order valence-corrected chi connectivity index (χ0v) is 15.9. The minimum Gasteiger partial charge on any atom is -0.550 e. The molecule has 0 aliphatic carbocycles. The van der Waals surface area contributed by atoms with Crippen LogP contribution in [0.5, 0.6) is 0 Å². The summed E-state index contributed by atoms with van der Waals surface area (Å²) in [6.45, 7) is 0.492. The van der Waals surface area contributed by atoms with E-state index >= 15 is 0 Å². The molecule has 6 heteroatoms. The number of carbonyl (C=O) groups is 2. The molecule has 0 fully saturated rings. The van der Waals surface area contributed by atoms with E-state index in [1.54, 1.807) is 12.1 Å². The number of carbonyl (C=O) groups excluding carboxylic acids is 2. The third-order valence-electron chi connectivity index (χ3n) is 3.45. The summed E-state index contributed by atoms with van der Waals surface area (Å²) in [5.41, 5.74) is 0.906. The fourth-order valence-electron chi connectivity index (χ4n) is 2.46. The van der Waals surface area contributed by atoms with E-state index in [0.717, 1.165) is 10.4 Å². The first-order chi connectivity index (χ1) is 12.2. The van der Waals surface area contributed by atoms with E-state index in [-0.39, 0.29) is 12.3 Å². The number of hydrogen-bond donors (Lipinski definition) is 1. The van der Waals surface area contributed by atoms with Gasteiger partial charge in [0.1, 0.15) is 0 Å². The third-order valence-corrected chi connectivity index (χ3v) is 4.45. The second kappa shape index (κ2) is 8.65. The smallest absolute Gasteiger partial charge is 0.261 e. The standard InChI is InChI=1S/C20H22N2O3S/c1-22(2,3)14-16(13-19(23)24)21-20(25)18-12-11-17(26-18)10-9-15-7-5-4-6-8-15/h4-8,11-12,16H,13-14H2,1-3H3,(H-,21,23,24,25). The largest absolute Gasteiger partial charge is 0.550 e. The maximum Gasteiger partial charge on any atom is 0.261 e. The number of nitrogens with one attached hydrogen (secondary N) is 1. The Morgan fingerprint density at radius 3 is 2.42 bits per heavy atom. The molecule has 0 radical (unpaired) electrons. The number of quaternary nitrogens is 1. The van der Waals surface area contributed by atoms with Crippen LogP contribution >= 0.6 is 11.3 Å². The van der Waals surface area contributed by atoms with E-state index < -0.39 is 12.0 Å². The number of amides is 1. The predicted molar refractivity (Wildman–Crippen MR) is 101 cm³/mol. The van der Waals surface area contributed by atoms with Crippen molar-refractivity contribution < 1.29 is 19.2 Å². The lowest BCUT2D eigenvalue weighted by atomic mass is 10.2. The molecule has 0 saturated carbocycles. The summed E-state index contributed by atoms with van der Waals surface area (Å²) in [4.78, 5) is 24.7. The molecule has 1 aromatic heterocycles.